The molecule has 0 spiro atoms. The first-order valence-corrected chi connectivity index (χ1v) is 10.6. The van der Waals surface area contributed by atoms with Crippen LogP contribution in [0.2, 0.25) is 0 Å². The molecule has 4 amide bonds. The van der Waals surface area contributed by atoms with Crippen LogP contribution in [0.25, 0.3) is 10.9 Å². The lowest BCUT2D eigenvalue weighted by molar-refractivity contribution is -0.131. The molecule has 1 unspecified atom stereocenters. The monoisotopic (exact) mass is 450 g/mol. The average molecular weight is 450 g/mol. The van der Waals surface area contributed by atoms with Crippen LogP contribution in [0.3, 0.4) is 0 Å². The van der Waals surface area contributed by atoms with Gasteiger partial charge in [0.1, 0.15) is 17.5 Å². The van der Waals surface area contributed by atoms with E-state index in [4.69, 9.17) is 9.47 Å². The Kier molecular flexibility index (Phi) is 6.48. The third-order valence-electron chi connectivity index (χ3n) is 5.71. The Morgan fingerprint density at radius 3 is 2.70 bits per heavy atom. The van der Waals surface area contributed by atoms with Gasteiger partial charge in [-0.3, -0.25) is 14.5 Å². The fourth-order valence-electron chi connectivity index (χ4n) is 3.95. The molecule has 0 saturated carbocycles. The predicted octanol–water partition coefficient (Wildman–Crippen LogP) is 2.35. The summed E-state index contributed by atoms with van der Waals surface area (Å²) >= 11 is 0. The quantitative estimate of drug-likeness (QED) is 0.433. The number of aromatic nitrogens is 1. The minimum absolute atomic E-state index is 0.0802. The maximum atomic E-state index is 12.7. The van der Waals surface area contributed by atoms with Crippen LogP contribution in [0.15, 0.2) is 48.7 Å². The second kappa shape index (κ2) is 9.64. The number of hydrogen-bond acceptors (Lipinski definition) is 5. The minimum atomic E-state index is -0.885. The van der Waals surface area contributed by atoms with Crippen LogP contribution in [-0.4, -0.2) is 54.5 Å². The Morgan fingerprint density at radius 1 is 1.09 bits per heavy atom. The SMILES string of the molecule is COc1ccc2[nH]cc(CCNC(=O)CC3NC(=O)N(Cc4ccccc4OC)C3=O)c2c1. The van der Waals surface area contributed by atoms with Gasteiger partial charge in [0.05, 0.1) is 27.2 Å². The first kappa shape index (κ1) is 22.2. The first-order valence-electron chi connectivity index (χ1n) is 10.6. The number of aromatic amines is 1. The normalized spacial score (nSPS) is 15.6. The highest BCUT2D eigenvalue weighted by Gasteiger charge is 2.39. The zero-order valence-corrected chi connectivity index (χ0v) is 18.5. The Hall–Kier alpha value is -4.01. The van der Waals surface area contributed by atoms with Crippen LogP contribution in [0.5, 0.6) is 11.5 Å². The predicted molar refractivity (Wildman–Crippen MR) is 122 cm³/mol. The van der Waals surface area contributed by atoms with Crippen LogP contribution < -0.4 is 20.1 Å². The van der Waals surface area contributed by atoms with Gasteiger partial charge in [-0.1, -0.05) is 18.2 Å². The molecule has 1 aliphatic rings. The lowest BCUT2D eigenvalue weighted by atomic mass is 10.1. The first-order chi connectivity index (χ1) is 16.0. The molecule has 1 aromatic heterocycles. The molecule has 9 heteroatoms. The fraction of sp³-hybridized carbons (Fsp3) is 0.292. The summed E-state index contributed by atoms with van der Waals surface area (Å²) in [6, 6.07) is 11.6. The van der Waals surface area contributed by atoms with Crippen molar-refractivity contribution in [3.8, 4) is 11.5 Å². The molecule has 1 fully saturated rings. The highest BCUT2D eigenvalue weighted by Crippen LogP contribution is 2.24. The van der Waals surface area contributed by atoms with Crippen LogP contribution in [0.1, 0.15) is 17.5 Å². The molecule has 3 N–H and O–H groups in total. The molecule has 2 aromatic carbocycles. The van der Waals surface area contributed by atoms with Crippen LogP contribution in [-0.2, 0) is 22.6 Å². The number of nitrogens with zero attached hydrogens (tertiary/aromatic N) is 1. The molecule has 1 saturated heterocycles. The van der Waals surface area contributed by atoms with Gasteiger partial charge in [0.2, 0.25) is 5.91 Å². The number of para-hydroxylation sites is 1. The molecule has 0 bridgehead atoms. The molecule has 33 heavy (non-hydrogen) atoms. The maximum absolute atomic E-state index is 12.7. The van der Waals surface area contributed by atoms with Crippen molar-refractivity contribution in [3.63, 3.8) is 0 Å². The summed E-state index contributed by atoms with van der Waals surface area (Å²) < 4.78 is 10.6. The number of carbonyl (C=O) groups excluding carboxylic acids is 3. The molecular weight excluding hydrogens is 424 g/mol. The molecule has 9 nitrogen and oxygen atoms in total. The van der Waals surface area contributed by atoms with E-state index in [1.807, 2.05) is 36.5 Å². The summed E-state index contributed by atoms with van der Waals surface area (Å²) in [6.45, 7) is 0.486. The molecule has 172 valence electrons. The zero-order valence-electron chi connectivity index (χ0n) is 18.5. The van der Waals surface area contributed by atoms with Crippen LogP contribution in [0, 0.1) is 0 Å². The van der Waals surface area contributed by atoms with Crippen molar-refractivity contribution in [1.82, 2.24) is 20.5 Å². The number of benzene rings is 2. The minimum Gasteiger partial charge on any atom is -0.497 e. The van der Waals surface area contributed by atoms with Crippen molar-refractivity contribution in [3.05, 3.63) is 59.8 Å². The number of imide groups is 1. The second-order valence-electron chi connectivity index (χ2n) is 7.77. The lowest BCUT2D eigenvalue weighted by Gasteiger charge is -2.15. The van der Waals surface area contributed by atoms with Crippen molar-refractivity contribution in [2.75, 3.05) is 20.8 Å². The van der Waals surface area contributed by atoms with Crippen molar-refractivity contribution in [2.24, 2.45) is 0 Å². The van der Waals surface area contributed by atoms with E-state index in [2.05, 4.69) is 15.6 Å². The molecule has 1 aliphatic heterocycles. The van der Waals surface area contributed by atoms with Crippen molar-refractivity contribution >= 4 is 28.7 Å². The molecular formula is C24H26N4O5. The van der Waals surface area contributed by atoms with Crippen molar-refractivity contribution in [1.29, 1.82) is 0 Å². The fourth-order valence-corrected chi connectivity index (χ4v) is 3.95. The highest BCUT2D eigenvalue weighted by atomic mass is 16.5. The number of hydrogen-bond donors (Lipinski definition) is 3. The third-order valence-corrected chi connectivity index (χ3v) is 5.71. The maximum Gasteiger partial charge on any atom is 0.325 e. The summed E-state index contributed by atoms with van der Waals surface area (Å²) in [5.41, 5.74) is 2.76. The van der Waals surface area contributed by atoms with Gasteiger partial charge in [-0.2, -0.15) is 0 Å². The number of amides is 4. The molecule has 0 aliphatic carbocycles. The molecule has 1 atom stereocenters. The number of ether oxygens (including phenoxy) is 2. The van der Waals surface area contributed by atoms with Crippen molar-refractivity contribution in [2.45, 2.75) is 25.4 Å². The number of methoxy groups -OCH3 is 2. The van der Waals surface area contributed by atoms with Gasteiger partial charge in [0.25, 0.3) is 5.91 Å². The highest BCUT2D eigenvalue weighted by molar-refractivity contribution is 6.05. The standard InChI is InChI=1S/C24H26N4O5/c1-32-17-7-8-19-18(11-17)15(13-26-19)9-10-25-22(29)12-20-23(30)28(24(31)27-20)14-16-5-3-4-6-21(16)33-2/h3-8,11,13,20,26H,9-10,12,14H2,1-2H3,(H,25,29)(H,27,31). The van der Waals surface area contributed by atoms with E-state index >= 15 is 0 Å². The van der Waals surface area contributed by atoms with Crippen LogP contribution in [0.4, 0.5) is 4.79 Å². The number of carbonyl (C=O) groups is 3. The molecule has 0 radical (unpaired) electrons. The van der Waals surface area contributed by atoms with Gasteiger partial charge in [-0.25, -0.2) is 4.79 Å². The summed E-state index contributed by atoms with van der Waals surface area (Å²) in [5, 5.41) is 6.47. The topological polar surface area (TPSA) is 113 Å². The second-order valence-corrected chi connectivity index (χ2v) is 7.77. The zero-order chi connectivity index (χ0) is 23.4. The number of rotatable bonds is 9. The van der Waals surface area contributed by atoms with Gasteiger partial charge < -0.3 is 25.1 Å². The number of H-pyrrole nitrogens is 1. The van der Waals surface area contributed by atoms with Gasteiger partial charge in [-0.05, 0) is 36.2 Å². The summed E-state index contributed by atoms with van der Waals surface area (Å²) in [6.07, 6.45) is 2.41. The summed E-state index contributed by atoms with van der Waals surface area (Å²) in [7, 11) is 3.15. The molecule has 2 heterocycles. The average Bonchev–Trinajstić information content (AvgIpc) is 3.34. The Balaban J connectivity index is 1.31. The molecule has 3 aromatic rings. The van der Waals surface area contributed by atoms with Gasteiger partial charge in [0, 0.05) is 29.2 Å². The van der Waals surface area contributed by atoms with E-state index in [1.165, 1.54) is 7.11 Å². The van der Waals surface area contributed by atoms with Gasteiger partial charge >= 0.3 is 6.03 Å². The van der Waals surface area contributed by atoms with E-state index in [-0.39, 0.29) is 18.9 Å². The van der Waals surface area contributed by atoms with E-state index in [0.717, 1.165) is 27.1 Å². The van der Waals surface area contributed by atoms with E-state index in [1.54, 1.807) is 19.2 Å². The smallest absolute Gasteiger partial charge is 0.325 e. The Morgan fingerprint density at radius 2 is 1.91 bits per heavy atom. The Bertz CT molecular complexity index is 1190. The summed E-state index contributed by atoms with van der Waals surface area (Å²) in [5.74, 6) is 0.629. The van der Waals surface area contributed by atoms with E-state index in [0.29, 0.717) is 24.3 Å². The number of nitrogens with one attached hydrogen (secondary N) is 3. The van der Waals surface area contributed by atoms with Crippen molar-refractivity contribution < 1.29 is 23.9 Å². The lowest BCUT2D eigenvalue weighted by Crippen LogP contribution is -2.37. The van der Waals surface area contributed by atoms with Gasteiger partial charge in [-0.15, -0.1) is 0 Å². The Labute approximate surface area is 191 Å². The summed E-state index contributed by atoms with van der Waals surface area (Å²) in [4.78, 5) is 41.8. The van der Waals surface area contributed by atoms with Crippen LogP contribution >= 0.6 is 0 Å². The van der Waals surface area contributed by atoms with Gasteiger partial charge in [0.15, 0.2) is 0 Å². The van der Waals surface area contributed by atoms with E-state index in [9.17, 15) is 14.4 Å². The molecule has 4 rings (SSSR count). The van der Waals surface area contributed by atoms with E-state index < -0.39 is 18.0 Å². The number of fused-ring (bicyclic) bond motifs is 1. The third kappa shape index (κ3) is 4.77. The largest absolute Gasteiger partial charge is 0.497 e. The number of urea groups is 1.